The van der Waals surface area contributed by atoms with E-state index in [0.717, 1.165) is 53.6 Å². The van der Waals surface area contributed by atoms with Crippen LogP contribution in [0.3, 0.4) is 0 Å². The van der Waals surface area contributed by atoms with Crippen LogP contribution in [0, 0.1) is 0 Å². The molecule has 2 N–H and O–H groups in total. The summed E-state index contributed by atoms with van der Waals surface area (Å²) in [5.74, 6) is -0.883. The van der Waals surface area contributed by atoms with Crippen molar-refractivity contribution in [3.63, 3.8) is 0 Å². The summed E-state index contributed by atoms with van der Waals surface area (Å²) in [6.07, 6.45) is 3.24. The topological polar surface area (TPSA) is 98.8 Å². The number of carbonyl (C=O) groups is 4. The number of hydrogen-bond acceptors (Lipinski definition) is 4. The van der Waals surface area contributed by atoms with Gasteiger partial charge in [-0.05, 0) is 66.3 Å². The molecular weight excluding hydrogens is 468 g/mol. The zero-order chi connectivity index (χ0) is 26.0. The number of amides is 5. The highest BCUT2D eigenvalue weighted by atomic mass is 16.2. The van der Waals surface area contributed by atoms with Crippen molar-refractivity contribution in [3.8, 4) is 0 Å². The van der Waals surface area contributed by atoms with Gasteiger partial charge in [-0.15, -0.1) is 0 Å². The molecule has 0 unspecified atom stereocenters. The Morgan fingerprint density at radius 3 is 2.35 bits per heavy atom. The first kappa shape index (κ1) is 24.5. The molecule has 2 fully saturated rings. The molecule has 37 heavy (non-hydrogen) atoms. The van der Waals surface area contributed by atoms with Crippen molar-refractivity contribution < 1.29 is 19.2 Å². The number of benzene rings is 3. The van der Waals surface area contributed by atoms with Crippen LogP contribution in [0.2, 0.25) is 0 Å². The number of imide groups is 1. The number of likely N-dealkylation sites (tertiary alicyclic amines) is 1. The summed E-state index contributed by atoms with van der Waals surface area (Å²) in [6.45, 7) is 3.09. The van der Waals surface area contributed by atoms with E-state index in [4.69, 9.17) is 0 Å². The van der Waals surface area contributed by atoms with Gasteiger partial charge in [0.15, 0.2) is 0 Å². The molecule has 3 aromatic carbocycles. The van der Waals surface area contributed by atoms with Gasteiger partial charge in [0.25, 0.3) is 11.8 Å². The fourth-order valence-electron chi connectivity index (χ4n) is 4.98. The Labute approximate surface area is 215 Å². The molecule has 3 aromatic rings. The van der Waals surface area contributed by atoms with Crippen LogP contribution < -0.4 is 10.6 Å². The number of carbonyl (C=O) groups excluding carboxylic acids is 4. The first-order valence-corrected chi connectivity index (χ1v) is 12.6. The van der Waals surface area contributed by atoms with E-state index in [1.807, 2.05) is 59.5 Å². The summed E-state index contributed by atoms with van der Waals surface area (Å²) in [5.41, 5.74) is 0.857. The third-order valence-corrected chi connectivity index (χ3v) is 7.24. The molecule has 0 bridgehead atoms. The number of nitrogens with one attached hydrogen (secondary N) is 2. The van der Waals surface area contributed by atoms with Crippen LogP contribution in [0.1, 0.15) is 47.7 Å². The first-order valence-electron chi connectivity index (χ1n) is 12.6. The Morgan fingerprint density at radius 1 is 0.919 bits per heavy atom. The Balaban J connectivity index is 1.19. The third-order valence-electron chi connectivity index (χ3n) is 7.24. The number of rotatable bonds is 6. The van der Waals surface area contributed by atoms with Gasteiger partial charge in [0.1, 0.15) is 12.1 Å². The lowest BCUT2D eigenvalue weighted by atomic mass is 9.90. The van der Waals surface area contributed by atoms with Gasteiger partial charge in [0.2, 0.25) is 5.91 Å². The maximum absolute atomic E-state index is 13.2. The second-order valence-electron chi connectivity index (χ2n) is 9.83. The lowest BCUT2D eigenvalue weighted by molar-refractivity contribution is -0.134. The molecule has 2 aliphatic rings. The van der Waals surface area contributed by atoms with E-state index in [-0.39, 0.29) is 19.0 Å². The van der Waals surface area contributed by atoms with Gasteiger partial charge in [-0.3, -0.25) is 19.3 Å². The second kappa shape index (κ2) is 10.0. The normalized spacial score (nSPS) is 19.7. The summed E-state index contributed by atoms with van der Waals surface area (Å²) in [4.78, 5) is 54.0. The maximum Gasteiger partial charge on any atom is 0.325 e. The number of hydrogen-bond donors (Lipinski definition) is 2. The summed E-state index contributed by atoms with van der Waals surface area (Å²) >= 11 is 0. The van der Waals surface area contributed by atoms with Gasteiger partial charge in [0.05, 0.1) is 0 Å². The standard InChI is InChI=1S/C29H30N4O4/c1-29(24-14-13-21-7-3-4-8-23(21)17-24)27(36)33(28(37)31-29)19-25(34)30-18-20-9-11-22(12-10-20)26(35)32-15-5-2-6-16-32/h3-4,7-14,17H,2,5-6,15-16,18-19H2,1H3,(H,30,34)(H,31,37)/t29-/m0/s1. The van der Waals surface area contributed by atoms with Crippen LogP contribution >= 0.6 is 0 Å². The van der Waals surface area contributed by atoms with Crippen LogP contribution in [0.25, 0.3) is 10.8 Å². The van der Waals surface area contributed by atoms with Gasteiger partial charge in [0, 0.05) is 25.2 Å². The van der Waals surface area contributed by atoms with Gasteiger partial charge in [-0.2, -0.15) is 0 Å². The molecule has 2 saturated heterocycles. The smallest absolute Gasteiger partial charge is 0.325 e. The molecule has 0 saturated carbocycles. The zero-order valence-electron chi connectivity index (χ0n) is 20.8. The fourth-order valence-corrected chi connectivity index (χ4v) is 4.98. The Bertz CT molecular complexity index is 1360. The summed E-state index contributed by atoms with van der Waals surface area (Å²) in [6, 6.07) is 20.0. The van der Waals surface area contributed by atoms with E-state index in [1.54, 1.807) is 19.1 Å². The molecular formula is C29H30N4O4. The summed E-state index contributed by atoms with van der Waals surface area (Å²) < 4.78 is 0. The van der Waals surface area contributed by atoms with Crippen molar-refractivity contribution in [3.05, 3.63) is 83.4 Å². The van der Waals surface area contributed by atoms with Crippen LogP contribution in [0.5, 0.6) is 0 Å². The van der Waals surface area contributed by atoms with Crippen molar-refractivity contribution in [2.45, 2.75) is 38.3 Å². The lowest BCUT2D eigenvalue weighted by Gasteiger charge is -2.26. The average molecular weight is 499 g/mol. The van der Waals surface area contributed by atoms with E-state index in [0.29, 0.717) is 11.1 Å². The molecule has 0 aliphatic carbocycles. The molecule has 0 aromatic heterocycles. The average Bonchev–Trinajstić information content (AvgIpc) is 3.15. The van der Waals surface area contributed by atoms with Crippen LogP contribution in [-0.2, 0) is 21.7 Å². The summed E-state index contributed by atoms with van der Waals surface area (Å²) in [5, 5.41) is 7.51. The molecule has 0 radical (unpaired) electrons. The van der Waals surface area contributed by atoms with Gasteiger partial charge in [-0.1, -0.05) is 48.5 Å². The second-order valence-corrected chi connectivity index (χ2v) is 9.83. The highest BCUT2D eigenvalue weighted by molar-refractivity contribution is 6.09. The number of fused-ring (bicyclic) bond motifs is 1. The molecule has 5 rings (SSSR count). The molecule has 2 aliphatic heterocycles. The van der Waals surface area contributed by atoms with Crippen LogP contribution in [0.15, 0.2) is 66.7 Å². The minimum atomic E-state index is -1.25. The molecule has 8 nitrogen and oxygen atoms in total. The quantitative estimate of drug-likeness (QED) is 0.508. The van der Waals surface area contributed by atoms with Gasteiger partial charge < -0.3 is 15.5 Å². The van der Waals surface area contributed by atoms with Crippen molar-refractivity contribution >= 4 is 34.5 Å². The van der Waals surface area contributed by atoms with Gasteiger partial charge in [-0.25, -0.2) is 4.79 Å². The first-order chi connectivity index (χ1) is 17.8. The Morgan fingerprint density at radius 2 is 1.62 bits per heavy atom. The maximum atomic E-state index is 13.2. The predicted molar refractivity (Wildman–Crippen MR) is 140 cm³/mol. The lowest BCUT2D eigenvalue weighted by Crippen LogP contribution is -2.43. The predicted octanol–water partition coefficient (Wildman–Crippen LogP) is 3.55. The van der Waals surface area contributed by atoms with Crippen LogP contribution in [-0.4, -0.2) is 53.2 Å². The minimum Gasteiger partial charge on any atom is -0.350 e. The van der Waals surface area contributed by atoms with E-state index in [2.05, 4.69) is 10.6 Å². The molecule has 190 valence electrons. The Kier molecular flexibility index (Phi) is 6.65. The van der Waals surface area contributed by atoms with Crippen molar-refractivity contribution in [1.29, 1.82) is 0 Å². The number of nitrogens with zero attached hydrogens (tertiary/aromatic N) is 2. The highest BCUT2D eigenvalue weighted by Crippen LogP contribution is 2.31. The fraction of sp³-hybridized carbons (Fsp3) is 0.310. The monoisotopic (exact) mass is 498 g/mol. The zero-order valence-corrected chi connectivity index (χ0v) is 20.8. The van der Waals surface area contributed by atoms with E-state index < -0.39 is 23.4 Å². The van der Waals surface area contributed by atoms with Crippen molar-refractivity contribution in [2.24, 2.45) is 0 Å². The number of piperidine rings is 1. The minimum absolute atomic E-state index is 0.0308. The SMILES string of the molecule is C[C@@]1(c2ccc3ccccc3c2)NC(=O)N(CC(=O)NCc2ccc(C(=O)N3CCCCC3)cc2)C1=O. The molecule has 2 heterocycles. The van der Waals surface area contributed by atoms with Crippen molar-refractivity contribution in [1.82, 2.24) is 20.4 Å². The molecule has 5 amide bonds. The number of urea groups is 1. The highest BCUT2D eigenvalue weighted by Gasteiger charge is 2.49. The molecule has 8 heteroatoms. The third kappa shape index (κ3) is 4.91. The van der Waals surface area contributed by atoms with E-state index in [9.17, 15) is 19.2 Å². The molecule has 0 spiro atoms. The largest absolute Gasteiger partial charge is 0.350 e. The Hall–Kier alpha value is -4.20. The summed E-state index contributed by atoms with van der Waals surface area (Å²) in [7, 11) is 0. The van der Waals surface area contributed by atoms with Crippen LogP contribution in [0.4, 0.5) is 4.79 Å². The van der Waals surface area contributed by atoms with Crippen molar-refractivity contribution in [2.75, 3.05) is 19.6 Å². The van der Waals surface area contributed by atoms with Gasteiger partial charge >= 0.3 is 6.03 Å². The van der Waals surface area contributed by atoms with E-state index in [1.165, 1.54) is 0 Å². The van der Waals surface area contributed by atoms with E-state index >= 15 is 0 Å². The molecule has 1 atom stereocenters.